The van der Waals surface area contributed by atoms with Gasteiger partial charge in [-0.1, -0.05) is 72.8 Å². The second-order valence-electron chi connectivity index (χ2n) is 6.47. The number of nitrogens with one attached hydrogen (secondary N) is 1. The number of hydrogen-bond donors (Lipinski definition) is 1. The van der Waals surface area contributed by atoms with Crippen LogP contribution in [0.5, 0.6) is 0 Å². The minimum atomic E-state index is -0.190. The van der Waals surface area contributed by atoms with E-state index in [2.05, 4.69) is 22.7 Å². The van der Waals surface area contributed by atoms with Gasteiger partial charge >= 0.3 is 0 Å². The van der Waals surface area contributed by atoms with Crippen LogP contribution in [-0.4, -0.2) is 21.7 Å². The molecule has 1 N–H and O–H groups in total. The predicted octanol–water partition coefficient (Wildman–Crippen LogP) is 3.78. The molecular formula is C23H20N4O. The zero-order chi connectivity index (χ0) is 19.2. The van der Waals surface area contributed by atoms with Crippen LogP contribution >= 0.6 is 0 Å². The standard InChI is InChI=1S/C23H20N4O/c28-23(26-24-16-19-11-5-2-6-12-19)17-27-21-14-8-7-13-20(21)25-22(27)15-18-9-3-1-4-10-18/h1-14,16H,15,17H2,(H,26,28). The SMILES string of the molecule is O=C(Cn1c(Cc2ccccc2)nc2ccccc21)NN=Cc1ccccc1. The third-order valence-corrected chi connectivity index (χ3v) is 4.44. The third-order valence-electron chi connectivity index (χ3n) is 4.44. The van der Waals surface area contributed by atoms with Gasteiger partial charge in [-0.3, -0.25) is 4.79 Å². The normalized spacial score (nSPS) is 11.1. The Morgan fingerprint density at radius 2 is 1.61 bits per heavy atom. The lowest BCUT2D eigenvalue weighted by molar-refractivity contribution is -0.121. The fraction of sp³-hybridized carbons (Fsp3) is 0.0870. The van der Waals surface area contributed by atoms with E-state index in [1.165, 1.54) is 0 Å². The molecular weight excluding hydrogens is 348 g/mol. The highest BCUT2D eigenvalue weighted by molar-refractivity contribution is 5.83. The maximum atomic E-state index is 12.5. The molecule has 0 aliphatic heterocycles. The smallest absolute Gasteiger partial charge is 0.260 e. The average Bonchev–Trinajstić information content (AvgIpc) is 3.06. The zero-order valence-electron chi connectivity index (χ0n) is 15.3. The number of para-hydroxylation sites is 2. The van der Waals surface area contributed by atoms with Gasteiger partial charge in [-0.15, -0.1) is 0 Å². The second kappa shape index (κ2) is 8.31. The van der Waals surface area contributed by atoms with Gasteiger partial charge in [0.05, 0.1) is 17.2 Å². The molecule has 0 radical (unpaired) electrons. The summed E-state index contributed by atoms with van der Waals surface area (Å²) in [7, 11) is 0. The fourth-order valence-electron chi connectivity index (χ4n) is 3.11. The number of rotatable bonds is 6. The van der Waals surface area contributed by atoms with Crippen molar-refractivity contribution in [1.82, 2.24) is 15.0 Å². The van der Waals surface area contributed by atoms with Crippen LogP contribution in [0.2, 0.25) is 0 Å². The van der Waals surface area contributed by atoms with Crippen LogP contribution in [-0.2, 0) is 17.8 Å². The minimum Gasteiger partial charge on any atom is -0.318 e. The van der Waals surface area contributed by atoms with E-state index < -0.39 is 0 Å². The Morgan fingerprint density at radius 1 is 0.929 bits per heavy atom. The van der Waals surface area contributed by atoms with Crippen molar-refractivity contribution in [1.29, 1.82) is 0 Å². The molecule has 0 unspecified atom stereocenters. The number of amides is 1. The molecule has 0 fully saturated rings. The molecule has 3 aromatic carbocycles. The van der Waals surface area contributed by atoms with Crippen molar-refractivity contribution < 1.29 is 4.79 Å². The van der Waals surface area contributed by atoms with E-state index >= 15 is 0 Å². The second-order valence-corrected chi connectivity index (χ2v) is 6.47. The van der Waals surface area contributed by atoms with E-state index in [1.807, 2.05) is 77.4 Å². The molecule has 1 heterocycles. The van der Waals surface area contributed by atoms with E-state index in [1.54, 1.807) is 6.21 Å². The molecule has 0 bridgehead atoms. The highest BCUT2D eigenvalue weighted by Gasteiger charge is 2.13. The maximum Gasteiger partial charge on any atom is 0.260 e. The monoisotopic (exact) mass is 368 g/mol. The van der Waals surface area contributed by atoms with Crippen molar-refractivity contribution >= 4 is 23.2 Å². The molecule has 4 aromatic rings. The minimum absolute atomic E-state index is 0.162. The van der Waals surface area contributed by atoms with Gasteiger partial charge in [0.25, 0.3) is 5.91 Å². The Bertz CT molecular complexity index is 1100. The van der Waals surface area contributed by atoms with Crippen LogP contribution in [0.25, 0.3) is 11.0 Å². The Hall–Kier alpha value is -3.73. The molecule has 0 spiro atoms. The van der Waals surface area contributed by atoms with Gasteiger partial charge < -0.3 is 4.57 Å². The van der Waals surface area contributed by atoms with Gasteiger partial charge in [-0.2, -0.15) is 5.10 Å². The molecule has 4 rings (SSSR count). The molecule has 0 atom stereocenters. The van der Waals surface area contributed by atoms with E-state index in [4.69, 9.17) is 4.98 Å². The lowest BCUT2D eigenvalue weighted by Gasteiger charge is -2.08. The topological polar surface area (TPSA) is 59.3 Å². The largest absolute Gasteiger partial charge is 0.318 e. The van der Waals surface area contributed by atoms with Gasteiger partial charge in [0.2, 0.25) is 0 Å². The summed E-state index contributed by atoms with van der Waals surface area (Å²) in [5, 5.41) is 4.06. The average molecular weight is 368 g/mol. The molecule has 28 heavy (non-hydrogen) atoms. The molecule has 0 saturated carbocycles. The predicted molar refractivity (Wildman–Crippen MR) is 111 cm³/mol. The number of hydrogen-bond acceptors (Lipinski definition) is 3. The first kappa shape index (κ1) is 17.7. The summed E-state index contributed by atoms with van der Waals surface area (Å²) < 4.78 is 1.95. The van der Waals surface area contributed by atoms with Crippen molar-refractivity contribution in [2.45, 2.75) is 13.0 Å². The lowest BCUT2D eigenvalue weighted by Crippen LogP contribution is -2.24. The van der Waals surface area contributed by atoms with Crippen LogP contribution in [0, 0.1) is 0 Å². The number of fused-ring (bicyclic) bond motifs is 1. The summed E-state index contributed by atoms with van der Waals surface area (Å²) in [6, 6.07) is 27.6. The first-order valence-corrected chi connectivity index (χ1v) is 9.14. The molecule has 0 aliphatic carbocycles. The van der Waals surface area contributed by atoms with Crippen molar-refractivity contribution in [2.75, 3.05) is 0 Å². The van der Waals surface area contributed by atoms with Crippen LogP contribution in [0.15, 0.2) is 90.0 Å². The highest BCUT2D eigenvalue weighted by Crippen LogP contribution is 2.18. The zero-order valence-corrected chi connectivity index (χ0v) is 15.3. The summed E-state index contributed by atoms with van der Waals surface area (Å²) in [5.41, 5.74) is 6.52. The molecule has 1 amide bonds. The van der Waals surface area contributed by atoms with Gasteiger partial charge in [0, 0.05) is 6.42 Å². The Labute approximate surface area is 163 Å². The van der Waals surface area contributed by atoms with E-state index in [0.29, 0.717) is 6.42 Å². The number of benzene rings is 3. The van der Waals surface area contributed by atoms with Gasteiger partial charge in [0.15, 0.2) is 0 Å². The van der Waals surface area contributed by atoms with Gasteiger partial charge in [-0.05, 0) is 23.3 Å². The van der Waals surface area contributed by atoms with E-state index in [9.17, 15) is 4.79 Å². The number of nitrogens with zero attached hydrogens (tertiary/aromatic N) is 3. The first-order chi connectivity index (χ1) is 13.8. The van der Waals surface area contributed by atoms with Crippen molar-refractivity contribution in [3.8, 4) is 0 Å². The number of aromatic nitrogens is 2. The van der Waals surface area contributed by atoms with E-state index in [0.717, 1.165) is 28.0 Å². The Kier molecular flexibility index (Phi) is 5.24. The molecule has 5 heteroatoms. The van der Waals surface area contributed by atoms with E-state index in [-0.39, 0.29) is 12.5 Å². The number of imidazole rings is 1. The Balaban J connectivity index is 1.54. The summed E-state index contributed by atoms with van der Waals surface area (Å²) >= 11 is 0. The quantitative estimate of drug-likeness (QED) is 0.416. The summed E-state index contributed by atoms with van der Waals surface area (Å²) in [6.07, 6.45) is 2.30. The van der Waals surface area contributed by atoms with Crippen LogP contribution in [0.1, 0.15) is 17.0 Å². The fourth-order valence-corrected chi connectivity index (χ4v) is 3.11. The number of carbonyl (C=O) groups excluding carboxylic acids is 1. The maximum absolute atomic E-state index is 12.5. The summed E-state index contributed by atoms with van der Waals surface area (Å²) in [6.45, 7) is 0.162. The molecule has 138 valence electrons. The van der Waals surface area contributed by atoms with Crippen LogP contribution in [0.3, 0.4) is 0 Å². The first-order valence-electron chi connectivity index (χ1n) is 9.14. The molecule has 0 aliphatic rings. The van der Waals surface area contributed by atoms with Crippen molar-refractivity contribution in [2.24, 2.45) is 5.10 Å². The van der Waals surface area contributed by atoms with Gasteiger partial charge in [0.1, 0.15) is 12.4 Å². The van der Waals surface area contributed by atoms with Crippen molar-refractivity contribution in [3.05, 3.63) is 102 Å². The molecule has 1 aromatic heterocycles. The number of hydrazone groups is 1. The molecule has 5 nitrogen and oxygen atoms in total. The third kappa shape index (κ3) is 4.15. The number of carbonyl (C=O) groups is 1. The summed E-state index contributed by atoms with van der Waals surface area (Å²) in [5.74, 6) is 0.666. The van der Waals surface area contributed by atoms with Gasteiger partial charge in [-0.25, -0.2) is 10.4 Å². The highest BCUT2D eigenvalue weighted by atomic mass is 16.2. The molecule has 0 saturated heterocycles. The lowest BCUT2D eigenvalue weighted by atomic mass is 10.1. The van der Waals surface area contributed by atoms with Crippen LogP contribution < -0.4 is 5.43 Å². The van der Waals surface area contributed by atoms with Crippen LogP contribution in [0.4, 0.5) is 0 Å². The summed E-state index contributed by atoms with van der Waals surface area (Å²) in [4.78, 5) is 17.2. The Morgan fingerprint density at radius 3 is 2.39 bits per heavy atom. The van der Waals surface area contributed by atoms with Crippen molar-refractivity contribution in [3.63, 3.8) is 0 Å².